The molecule has 65 heavy (non-hydrogen) atoms. The number of nitrogens with one attached hydrogen (secondary N) is 2. The fourth-order valence-electron chi connectivity index (χ4n) is 8.50. The Morgan fingerprint density at radius 1 is 1.11 bits per heavy atom. The minimum atomic E-state index is -3.97. The van der Waals surface area contributed by atoms with Crippen LogP contribution in [0.25, 0.3) is 11.2 Å². The first-order valence-electron chi connectivity index (χ1n) is 21.8. The van der Waals surface area contributed by atoms with E-state index in [4.69, 9.17) is 52.3 Å². The Bertz CT molecular complexity index is 2270. The molecule has 3 aromatic rings. The van der Waals surface area contributed by atoms with E-state index in [0.29, 0.717) is 12.3 Å². The summed E-state index contributed by atoms with van der Waals surface area (Å²) >= 11 is 6.18. The molecule has 2 saturated heterocycles. The van der Waals surface area contributed by atoms with Crippen LogP contribution in [0.15, 0.2) is 23.4 Å². The van der Waals surface area contributed by atoms with E-state index in [1.54, 1.807) is 19.9 Å². The van der Waals surface area contributed by atoms with Gasteiger partial charge in [-0.3, -0.25) is 29.0 Å². The Morgan fingerprint density at radius 2 is 1.82 bits per heavy atom. The van der Waals surface area contributed by atoms with Crippen molar-refractivity contribution in [1.82, 2.24) is 34.9 Å². The van der Waals surface area contributed by atoms with Crippen LogP contribution in [0.5, 0.6) is 5.88 Å². The summed E-state index contributed by atoms with van der Waals surface area (Å²) < 4.78 is 73.4. The molecule has 2 aliphatic heterocycles. The highest BCUT2D eigenvalue weighted by molar-refractivity contribution is 8.07. The normalized spacial score (nSPS) is 26.8. The van der Waals surface area contributed by atoms with Crippen LogP contribution in [0.4, 0.5) is 5.95 Å². The first-order chi connectivity index (χ1) is 30.7. The maximum Gasteiger partial charge on any atom is 0.335 e. The highest BCUT2D eigenvalue weighted by Crippen LogP contribution is 2.57. The molecular formula is C38H61N9O13P2SSi2. The molecule has 0 bridgehead atoms. The average molecular weight is 1000 g/mol. The fourth-order valence-corrected chi connectivity index (χ4v) is 22.4. The second kappa shape index (κ2) is 21.6. The maximum absolute atomic E-state index is 13.4. The lowest BCUT2D eigenvalue weighted by Crippen LogP contribution is -2.65. The molecule has 6 rings (SSSR count). The SMILES string of the molecule is CC(C)C(=O)Nc1nc2c(nnn2[C@@H]2O[C@@H]3CO[Si](C(C)C)(C(C)C)O[Si](C(C)C)(C(C)C)O[C@H]3[C@@H]2OP(=S)(OCCC#N)OC[C@H]2C[C@@H](Oc3ccncn3)C[C@@H]2O[PH](=O)O)c(=O)[nH]1. The number of amides is 1. The van der Waals surface area contributed by atoms with Crippen LogP contribution < -0.4 is 15.6 Å². The number of rotatable bonds is 19. The minimum absolute atomic E-state index is 0.0226. The predicted octanol–water partition coefficient (Wildman–Crippen LogP) is 5.93. The van der Waals surface area contributed by atoms with Gasteiger partial charge in [-0.1, -0.05) is 74.5 Å². The lowest BCUT2D eigenvalue weighted by molar-refractivity contribution is -0.118. The number of anilines is 1. The number of ether oxygens (including phenoxy) is 2. The molecule has 3 aromatic heterocycles. The molecule has 0 aromatic carbocycles. The van der Waals surface area contributed by atoms with Crippen LogP contribution in [-0.2, 0) is 57.0 Å². The van der Waals surface area contributed by atoms with Crippen molar-refractivity contribution >= 4 is 66.9 Å². The van der Waals surface area contributed by atoms with Crippen LogP contribution in [0.3, 0.4) is 0 Å². The van der Waals surface area contributed by atoms with E-state index in [0.717, 1.165) is 0 Å². The molecule has 360 valence electrons. The van der Waals surface area contributed by atoms with Crippen LogP contribution in [0, 0.1) is 23.2 Å². The van der Waals surface area contributed by atoms with E-state index < -0.39 is 86.2 Å². The van der Waals surface area contributed by atoms with Gasteiger partial charge in [-0.25, -0.2) is 9.97 Å². The van der Waals surface area contributed by atoms with Gasteiger partial charge in [-0.15, -0.1) is 5.10 Å². The summed E-state index contributed by atoms with van der Waals surface area (Å²) in [6, 6.07) is 3.66. The summed E-state index contributed by atoms with van der Waals surface area (Å²) in [6.07, 6.45) is -2.15. The number of aromatic nitrogens is 7. The van der Waals surface area contributed by atoms with Gasteiger partial charge in [0.2, 0.25) is 17.7 Å². The second-order valence-electron chi connectivity index (χ2n) is 17.9. The van der Waals surface area contributed by atoms with Crippen molar-refractivity contribution in [2.24, 2.45) is 11.8 Å². The zero-order valence-electron chi connectivity index (χ0n) is 38.2. The second-order valence-corrected chi connectivity index (χ2v) is 30.5. The van der Waals surface area contributed by atoms with Crippen molar-refractivity contribution in [3.05, 3.63) is 28.9 Å². The van der Waals surface area contributed by atoms with Crippen LogP contribution in [0.2, 0.25) is 22.2 Å². The van der Waals surface area contributed by atoms with Gasteiger partial charge in [-0.2, -0.15) is 14.9 Å². The third kappa shape index (κ3) is 11.5. The monoisotopic (exact) mass is 1000 g/mol. The molecule has 2 unspecified atom stereocenters. The fraction of sp³-hybridized carbons (Fsp3) is 0.737. The summed E-state index contributed by atoms with van der Waals surface area (Å²) in [5.41, 5.74) is -1.00. The van der Waals surface area contributed by atoms with Crippen molar-refractivity contribution in [3.8, 4) is 11.9 Å². The van der Waals surface area contributed by atoms with E-state index in [1.807, 2.05) is 0 Å². The van der Waals surface area contributed by atoms with Crippen molar-refractivity contribution in [2.45, 2.75) is 147 Å². The standard InChI is InChI=1S/C38H61N9O13P2SSi2/c1-21(2)35(48)43-38-42-34-31(36(49)44-38)45-46-47(34)37-33(32-29(56-37)19-54-64(22(3)4,23(5)6)60-65(59-32,24(7)8)25(9)10)58-62(63,52-15-11-13-39)53-18-26-16-27(17-28(26)57-61(50)51)55-30-12-14-40-20-41-30/h12,14,20-29,32-33,37,61H,11,15-19H2,1-10H3,(H,50,51)(H2,42,43,44,48,49)/t26-,27-,28+,29-,32-,33+,37-,62?/m1/s1. The average Bonchev–Trinajstić information content (AvgIpc) is 3.91. The number of hydrogen-bond donors (Lipinski definition) is 3. The summed E-state index contributed by atoms with van der Waals surface area (Å²) in [6.45, 7) is 15.8. The molecule has 0 spiro atoms. The van der Waals surface area contributed by atoms with E-state index in [1.165, 1.54) is 17.2 Å². The molecule has 5 heterocycles. The third-order valence-corrected chi connectivity index (χ3v) is 24.9. The first-order valence-corrected chi connectivity index (χ1v) is 29.6. The van der Waals surface area contributed by atoms with Crippen molar-refractivity contribution in [3.63, 3.8) is 0 Å². The van der Waals surface area contributed by atoms with Crippen LogP contribution in [-0.4, -0.2) is 113 Å². The molecular weight excluding hydrogens is 941 g/mol. The van der Waals surface area contributed by atoms with E-state index in [9.17, 15) is 24.3 Å². The zero-order valence-corrected chi connectivity index (χ0v) is 42.9. The van der Waals surface area contributed by atoms with Gasteiger partial charge in [0, 0.05) is 30.5 Å². The van der Waals surface area contributed by atoms with Crippen molar-refractivity contribution < 1.29 is 54.8 Å². The molecule has 1 amide bonds. The van der Waals surface area contributed by atoms with Gasteiger partial charge in [0.15, 0.2) is 17.4 Å². The number of nitriles is 1. The van der Waals surface area contributed by atoms with E-state index >= 15 is 0 Å². The number of H-pyrrole nitrogens is 1. The Morgan fingerprint density at radius 3 is 2.43 bits per heavy atom. The number of nitrogens with zero attached hydrogens (tertiary/aromatic N) is 7. The van der Waals surface area contributed by atoms with E-state index in [-0.39, 0.29) is 77.8 Å². The highest BCUT2D eigenvalue weighted by Gasteiger charge is 2.63. The lowest BCUT2D eigenvalue weighted by atomic mass is 10.1. The molecule has 3 N–H and O–H groups in total. The Kier molecular flexibility index (Phi) is 17.1. The number of hydrogen-bond acceptors (Lipinski definition) is 19. The van der Waals surface area contributed by atoms with Gasteiger partial charge < -0.3 is 40.9 Å². The number of carbonyl (C=O) groups excluding carboxylic acids is 1. The third-order valence-electron chi connectivity index (χ3n) is 11.8. The Labute approximate surface area is 385 Å². The predicted molar refractivity (Wildman–Crippen MR) is 244 cm³/mol. The molecule has 0 radical (unpaired) electrons. The molecule has 3 fully saturated rings. The van der Waals surface area contributed by atoms with Crippen molar-refractivity contribution in [2.75, 3.05) is 25.1 Å². The van der Waals surface area contributed by atoms with Crippen LogP contribution >= 0.6 is 15.0 Å². The molecule has 3 aliphatic rings. The van der Waals surface area contributed by atoms with Gasteiger partial charge >= 0.3 is 32.1 Å². The number of carbonyl (C=O) groups is 1. The Hall–Kier alpha value is -2.93. The van der Waals surface area contributed by atoms with E-state index in [2.05, 4.69) is 97.0 Å². The number of fused-ring (bicyclic) bond motifs is 2. The summed E-state index contributed by atoms with van der Waals surface area (Å²) in [7, 11) is -9.80. The molecule has 1 saturated carbocycles. The molecule has 27 heteroatoms. The minimum Gasteiger partial charge on any atom is -0.474 e. The smallest absolute Gasteiger partial charge is 0.335 e. The van der Waals surface area contributed by atoms with Crippen molar-refractivity contribution in [1.29, 1.82) is 5.26 Å². The Balaban J connectivity index is 1.44. The summed E-state index contributed by atoms with van der Waals surface area (Å²) in [5.74, 6) is -1.16. The van der Waals surface area contributed by atoms with Gasteiger partial charge in [0.25, 0.3) is 5.56 Å². The van der Waals surface area contributed by atoms with Crippen LogP contribution in [0.1, 0.15) is 94.7 Å². The van der Waals surface area contributed by atoms with Gasteiger partial charge in [0.05, 0.1) is 38.4 Å². The highest BCUT2D eigenvalue weighted by atomic mass is 32.5. The zero-order chi connectivity index (χ0) is 47.4. The lowest BCUT2D eigenvalue weighted by Gasteiger charge is -2.51. The van der Waals surface area contributed by atoms with Gasteiger partial charge in [0.1, 0.15) is 30.7 Å². The topological polar surface area (TPSA) is 276 Å². The summed E-state index contributed by atoms with van der Waals surface area (Å²) in [5, 5.41) is 20.7. The molecule has 1 aliphatic carbocycles. The summed E-state index contributed by atoms with van der Waals surface area (Å²) in [4.78, 5) is 51.2. The molecule has 22 nitrogen and oxygen atoms in total. The largest absolute Gasteiger partial charge is 0.474 e. The molecule has 9 atom stereocenters. The van der Waals surface area contributed by atoms with Gasteiger partial charge in [-0.05, 0) is 40.4 Å². The maximum atomic E-state index is 13.4. The number of aromatic amines is 1. The quantitative estimate of drug-likeness (QED) is 0.0712. The first kappa shape index (κ1) is 51.5.